The molecule has 26 heavy (non-hydrogen) atoms. The van der Waals surface area contributed by atoms with Crippen molar-refractivity contribution in [3.8, 4) is 0 Å². The number of hydrogen-bond acceptors (Lipinski definition) is 0. The van der Waals surface area contributed by atoms with Crippen LogP contribution in [0, 0.1) is 5.92 Å². The van der Waals surface area contributed by atoms with Crippen molar-refractivity contribution in [1.29, 1.82) is 0 Å². The highest BCUT2D eigenvalue weighted by atomic mass is 31.1. The summed E-state index contributed by atoms with van der Waals surface area (Å²) in [6.07, 6.45) is 33.8. The van der Waals surface area contributed by atoms with Crippen LogP contribution in [0.15, 0.2) is 12.7 Å². The van der Waals surface area contributed by atoms with E-state index in [1.54, 1.807) is 44.4 Å². The maximum atomic E-state index is 3.87. The predicted molar refractivity (Wildman–Crippen MR) is 122 cm³/mol. The molecule has 0 radical (unpaired) electrons. The van der Waals surface area contributed by atoms with Gasteiger partial charge in [0.1, 0.15) is 0 Å². The van der Waals surface area contributed by atoms with E-state index in [2.05, 4.69) is 12.7 Å². The Morgan fingerprint density at radius 1 is 0.654 bits per heavy atom. The van der Waals surface area contributed by atoms with Crippen LogP contribution in [0.3, 0.4) is 0 Å². The van der Waals surface area contributed by atoms with Crippen LogP contribution in [0.1, 0.15) is 122 Å². The van der Waals surface area contributed by atoms with Gasteiger partial charge in [-0.25, -0.2) is 0 Å². The van der Waals surface area contributed by atoms with Crippen molar-refractivity contribution >= 4 is 7.92 Å². The van der Waals surface area contributed by atoms with E-state index < -0.39 is 0 Å². The molecule has 1 heteroatoms. The number of rotatable bonds is 8. The minimum atomic E-state index is 0.307. The summed E-state index contributed by atoms with van der Waals surface area (Å²) in [5, 5.41) is 0. The smallest absolute Gasteiger partial charge is 0.0181 e. The molecule has 0 bridgehead atoms. The summed E-state index contributed by atoms with van der Waals surface area (Å²) in [7, 11) is 0.307. The molecule has 0 aromatic heterocycles. The van der Waals surface area contributed by atoms with Crippen molar-refractivity contribution in [2.45, 2.75) is 128 Å². The average molecular weight is 379 g/mol. The van der Waals surface area contributed by atoms with Crippen molar-refractivity contribution in [1.82, 2.24) is 0 Å². The van der Waals surface area contributed by atoms with Crippen LogP contribution in [0.4, 0.5) is 0 Å². The van der Waals surface area contributed by atoms with Crippen LogP contribution in [0.2, 0.25) is 0 Å². The lowest BCUT2D eigenvalue weighted by Gasteiger charge is -2.35. The second kappa shape index (κ2) is 15.1. The molecule has 1 heterocycles. The number of unbranched alkanes of at least 4 members (excludes halogenated alkanes) is 4. The Morgan fingerprint density at radius 3 is 1.92 bits per heavy atom. The highest BCUT2D eigenvalue weighted by Gasteiger charge is 2.28. The summed E-state index contributed by atoms with van der Waals surface area (Å²) in [4.78, 5) is 0. The Morgan fingerprint density at radius 2 is 1.23 bits per heavy atom. The molecule has 1 saturated carbocycles. The molecule has 2 atom stereocenters. The minimum Gasteiger partial charge on any atom is -0.103 e. The molecule has 0 aromatic carbocycles. The first kappa shape index (κ1) is 22.5. The Labute approximate surface area is 166 Å². The molecule has 0 amide bonds. The van der Waals surface area contributed by atoms with Crippen molar-refractivity contribution in [2.75, 3.05) is 12.3 Å². The Hall–Kier alpha value is 0.170. The molecule has 0 aromatic rings. The molecule has 1 aliphatic heterocycles. The van der Waals surface area contributed by atoms with Gasteiger partial charge in [-0.15, -0.1) is 14.5 Å². The molecule has 0 spiro atoms. The van der Waals surface area contributed by atoms with E-state index >= 15 is 0 Å². The van der Waals surface area contributed by atoms with Gasteiger partial charge in [-0.2, -0.15) is 0 Å². The highest BCUT2D eigenvalue weighted by Crippen LogP contribution is 2.51. The Bertz CT molecular complexity index is 327. The fraction of sp³-hybridized carbons (Fsp3) is 0.920. The van der Waals surface area contributed by atoms with Gasteiger partial charge in [0.05, 0.1) is 0 Å². The molecule has 1 aliphatic carbocycles. The van der Waals surface area contributed by atoms with Crippen molar-refractivity contribution in [3.05, 3.63) is 12.7 Å². The number of hydrogen-bond donors (Lipinski definition) is 0. The van der Waals surface area contributed by atoms with E-state index in [1.165, 1.54) is 89.9 Å². The van der Waals surface area contributed by atoms with Crippen molar-refractivity contribution < 1.29 is 0 Å². The maximum absolute atomic E-state index is 3.87. The van der Waals surface area contributed by atoms with Gasteiger partial charge in [-0.1, -0.05) is 83.1 Å². The maximum Gasteiger partial charge on any atom is -0.0181 e. The molecular weight excluding hydrogens is 331 g/mol. The summed E-state index contributed by atoms with van der Waals surface area (Å²) in [5.74, 6) is 1.10. The van der Waals surface area contributed by atoms with Gasteiger partial charge in [0.25, 0.3) is 0 Å². The van der Waals surface area contributed by atoms with Crippen LogP contribution in [-0.2, 0) is 0 Å². The van der Waals surface area contributed by atoms with Gasteiger partial charge in [0.2, 0.25) is 0 Å². The van der Waals surface area contributed by atoms with Crippen molar-refractivity contribution in [3.63, 3.8) is 0 Å². The standard InChI is InChI=1S/C25H47P/c1-2-3-4-5-12-17-22-26-23-18-13-8-11-16-21-25(26)24-19-14-9-6-7-10-15-20-24/h2,24-25H,1,3-23H2. The topological polar surface area (TPSA) is 0 Å². The zero-order chi connectivity index (χ0) is 18.3. The third kappa shape index (κ3) is 9.39. The van der Waals surface area contributed by atoms with Gasteiger partial charge in [-0.3, -0.25) is 0 Å². The lowest BCUT2D eigenvalue weighted by Crippen LogP contribution is -2.22. The van der Waals surface area contributed by atoms with Gasteiger partial charge >= 0.3 is 0 Å². The SMILES string of the molecule is C=CCCCCCCP1CCCCCCCC1C1CCCCCCCC1. The summed E-state index contributed by atoms with van der Waals surface area (Å²) in [6, 6.07) is 0. The largest absolute Gasteiger partial charge is 0.103 e. The van der Waals surface area contributed by atoms with E-state index in [4.69, 9.17) is 0 Å². The lowest BCUT2D eigenvalue weighted by atomic mass is 9.90. The molecule has 2 unspecified atom stereocenters. The lowest BCUT2D eigenvalue weighted by molar-refractivity contribution is 0.390. The first-order valence-electron chi connectivity index (χ1n) is 12.3. The van der Waals surface area contributed by atoms with Crippen LogP contribution >= 0.6 is 7.92 Å². The Balaban J connectivity index is 1.89. The average Bonchev–Trinajstić information content (AvgIpc) is 2.86. The second-order valence-corrected chi connectivity index (χ2v) is 11.8. The van der Waals surface area contributed by atoms with Crippen LogP contribution < -0.4 is 0 Å². The summed E-state index contributed by atoms with van der Waals surface area (Å²) in [6.45, 7) is 3.87. The Kier molecular flexibility index (Phi) is 13.1. The van der Waals surface area contributed by atoms with E-state index in [0.29, 0.717) is 7.92 Å². The van der Waals surface area contributed by atoms with Gasteiger partial charge in [-0.05, 0) is 68.8 Å². The van der Waals surface area contributed by atoms with Crippen LogP contribution in [0.5, 0.6) is 0 Å². The van der Waals surface area contributed by atoms with E-state index in [-0.39, 0.29) is 0 Å². The van der Waals surface area contributed by atoms with Gasteiger partial charge in [0, 0.05) is 0 Å². The van der Waals surface area contributed by atoms with Gasteiger partial charge in [0.15, 0.2) is 0 Å². The molecular formula is C25H47P. The zero-order valence-electron chi connectivity index (χ0n) is 17.7. The molecule has 1 saturated heterocycles. The fourth-order valence-corrected chi connectivity index (χ4v) is 8.95. The third-order valence-electron chi connectivity index (χ3n) is 6.96. The summed E-state index contributed by atoms with van der Waals surface area (Å²) < 4.78 is 0. The highest BCUT2D eigenvalue weighted by molar-refractivity contribution is 7.58. The second-order valence-electron chi connectivity index (χ2n) is 9.11. The molecule has 0 nitrogen and oxygen atoms in total. The number of allylic oxidation sites excluding steroid dienone is 1. The monoisotopic (exact) mass is 378 g/mol. The first-order chi connectivity index (χ1) is 12.9. The fourth-order valence-electron chi connectivity index (χ4n) is 5.36. The summed E-state index contributed by atoms with van der Waals surface area (Å²) in [5.41, 5.74) is 1.13. The van der Waals surface area contributed by atoms with E-state index in [1.807, 2.05) is 0 Å². The first-order valence-corrected chi connectivity index (χ1v) is 14.0. The minimum absolute atomic E-state index is 0.307. The zero-order valence-corrected chi connectivity index (χ0v) is 18.6. The molecule has 152 valence electrons. The molecule has 2 aliphatic rings. The molecule has 2 fully saturated rings. The van der Waals surface area contributed by atoms with E-state index in [0.717, 1.165) is 11.6 Å². The molecule has 2 rings (SSSR count). The van der Waals surface area contributed by atoms with Crippen molar-refractivity contribution in [2.24, 2.45) is 5.92 Å². The quantitative estimate of drug-likeness (QED) is 0.224. The normalized spacial score (nSPS) is 27.4. The summed E-state index contributed by atoms with van der Waals surface area (Å²) >= 11 is 0. The van der Waals surface area contributed by atoms with Gasteiger partial charge < -0.3 is 0 Å². The molecule has 0 N–H and O–H groups in total. The van der Waals surface area contributed by atoms with Crippen LogP contribution in [-0.4, -0.2) is 18.0 Å². The van der Waals surface area contributed by atoms with Crippen LogP contribution in [0.25, 0.3) is 0 Å². The predicted octanol–water partition coefficient (Wildman–Crippen LogP) is 9.08. The third-order valence-corrected chi connectivity index (χ3v) is 10.4. The van der Waals surface area contributed by atoms with E-state index in [9.17, 15) is 0 Å².